The fourth-order valence-corrected chi connectivity index (χ4v) is 2.39. The van der Waals surface area contributed by atoms with E-state index in [1.54, 1.807) is 28.8 Å². The molecule has 100 valence electrons. The van der Waals surface area contributed by atoms with Gasteiger partial charge in [-0.2, -0.15) is 11.8 Å². The minimum Gasteiger partial charge on any atom is -0.330 e. The van der Waals surface area contributed by atoms with Gasteiger partial charge >= 0.3 is 0 Å². The van der Waals surface area contributed by atoms with E-state index in [1.165, 1.54) is 12.1 Å². The highest BCUT2D eigenvalue weighted by Crippen LogP contribution is 2.16. The normalized spacial score (nSPS) is 10.4. The van der Waals surface area contributed by atoms with Crippen molar-refractivity contribution in [2.24, 2.45) is 5.73 Å². The predicted molar refractivity (Wildman–Crippen MR) is 75.4 cm³/mol. The van der Waals surface area contributed by atoms with Gasteiger partial charge in [-0.3, -0.25) is 4.79 Å². The number of nitrogens with two attached hydrogens (primary N) is 1. The molecular formula is C13H19FN2OS. The molecule has 0 radical (unpaired) electrons. The Morgan fingerprint density at radius 3 is 2.61 bits per heavy atom. The van der Waals surface area contributed by atoms with Gasteiger partial charge in [0.15, 0.2) is 0 Å². The molecule has 0 aliphatic rings. The zero-order valence-electron chi connectivity index (χ0n) is 10.6. The molecule has 3 nitrogen and oxygen atoms in total. The van der Waals surface area contributed by atoms with E-state index in [0.717, 1.165) is 17.9 Å². The van der Waals surface area contributed by atoms with E-state index in [4.69, 9.17) is 5.73 Å². The number of hydrogen-bond donors (Lipinski definition) is 1. The van der Waals surface area contributed by atoms with Crippen molar-refractivity contribution in [1.29, 1.82) is 0 Å². The first-order valence-electron chi connectivity index (χ1n) is 6.02. The summed E-state index contributed by atoms with van der Waals surface area (Å²) in [5.74, 6) is 1.08. The Morgan fingerprint density at radius 1 is 1.39 bits per heavy atom. The molecule has 1 amide bonds. The van der Waals surface area contributed by atoms with Crippen molar-refractivity contribution >= 4 is 23.4 Å². The fraction of sp³-hybridized carbons (Fsp3) is 0.462. The molecule has 0 atom stereocenters. The maximum Gasteiger partial charge on any atom is 0.236 e. The van der Waals surface area contributed by atoms with Crippen molar-refractivity contribution < 1.29 is 9.18 Å². The molecule has 18 heavy (non-hydrogen) atoms. The molecule has 0 heterocycles. The topological polar surface area (TPSA) is 46.3 Å². The van der Waals surface area contributed by atoms with Crippen molar-refractivity contribution in [2.75, 3.05) is 29.5 Å². The number of hydrogen-bond acceptors (Lipinski definition) is 3. The van der Waals surface area contributed by atoms with Crippen LogP contribution in [-0.2, 0) is 4.79 Å². The molecule has 0 bridgehead atoms. The third kappa shape index (κ3) is 4.66. The van der Waals surface area contributed by atoms with Crippen LogP contribution in [0.5, 0.6) is 0 Å². The average Bonchev–Trinajstić information content (AvgIpc) is 2.38. The summed E-state index contributed by atoms with van der Waals surface area (Å²) < 4.78 is 12.8. The van der Waals surface area contributed by atoms with E-state index >= 15 is 0 Å². The van der Waals surface area contributed by atoms with Crippen molar-refractivity contribution in [2.45, 2.75) is 13.3 Å². The number of benzene rings is 1. The summed E-state index contributed by atoms with van der Waals surface area (Å²) in [4.78, 5) is 13.7. The minimum absolute atomic E-state index is 0.0473. The van der Waals surface area contributed by atoms with Gasteiger partial charge in [0.2, 0.25) is 5.91 Å². The van der Waals surface area contributed by atoms with Gasteiger partial charge in [0.25, 0.3) is 0 Å². The number of thioether (sulfide) groups is 1. The van der Waals surface area contributed by atoms with Crippen LogP contribution in [0.4, 0.5) is 10.1 Å². The van der Waals surface area contributed by atoms with Gasteiger partial charge in [0.05, 0.1) is 5.75 Å². The standard InChI is InChI=1S/C13H19FN2OS/c1-2-16(12-6-4-11(14)5-7-12)13(17)10-18-9-3-8-15/h4-7H,2-3,8-10,15H2,1H3. The van der Waals surface area contributed by atoms with Crippen LogP contribution in [0.1, 0.15) is 13.3 Å². The second kappa shape index (κ2) is 8.11. The Bertz CT molecular complexity index is 370. The van der Waals surface area contributed by atoms with Gasteiger partial charge in [-0.25, -0.2) is 4.39 Å². The third-order valence-corrected chi connectivity index (χ3v) is 3.50. The highest BCUT2D eigenvalue weighted by Gasteiger charge is 2.13. The van der Waals surface area contributed by atoms with Crippen LogP contribution in [0.2, 0.25) is 0 Å². The zero-order chi connectivity index (χ0) is 13.4. The van der Waals surface area contributed by atoms with Gasteiger partial charge < -0.3 is 10.6 Å². The first-order valence-corrected chi connectivity index (χ1v) is 7.18. The Kier molecular flexibility index (Phi) is 6.75. The largest absolute Gasteiger partial charge is 0.330 e. The number of rotatable bonds is 7. The Hall–Kier alpha value is -1.07. The van der Waals surface area contributed by atoms with Crippen LogP contribution in [0.15, 0.2) is 24.3 Å². The summed E-state index contributed by atoms with van der Waals surface area (Å²) in [5, 5.41) is 0. The maximum atomic E-state index is 12.8. The second-order valence-electron chi connectivity index (χ2n) is 3.81. The molecule has 0 aromatic heterocycles. The minimum atomic E-state index is -0.292. The first-order chi connectivity index (χ1) is 8.69. The summed E-state index contributed by atoms with van der Waals surface area (Å²) in [6.45, 7) is 3.14. The number of nitrogens with zero attached hydrogens (tertiary/aromatic N) is 1. The molecule has 0 fully saturated rings. The SMILES string of the molecule is CCN(C(=O)CSCCCN)c1ccc(F)cc1. The summed E-state index contributed by atoms with van der Waals surface area (Å²) in [6.07, 6.45) is 0.917. The molecule has 0 aliphatic heterocycles. The molecule has 2 N–H and O–H groups in total. The molecule has 5 heteroatoms. The molecular weight excluding hydrogens is 251 g/mol. The molecule has 0 saturated carbocycles. The average molecular weight is 270 g/mol. The van der Waals surface area contributed by atoms with Gasteiger partial charge in [-0.05, 0) is 49.9 Å². The lowest BCUT2D eigenvalue weighted by Crippen LogP contribution is -2.32. The van der Waals surface area contributed by atoms with Crippen LogP contribution in [0.3, 0.4) is 0 Å². The highest BCUT2D eigenvalue weighted by molar-refractivity contribution is 7.99. The number of carbonyl (C=O) groups is 1. The lowest BCUT2D eigenvalue weighted by molar-refractivity contribution is -0.116. The van der Waals surface area contributed by atoms with Crippen molar-refractivity contribution in [3.63, 3.8) is 0 Å². The lowest BCUT2D eigenvalue weighted by Gasteiger charge is -2.20. The molecule has 0 spiro atoms. The molecule has 1 rings (SSSR count). The summed E-state index contributed by atoms with van der Waals surface area (Å²) in [7, 11) is 0. The van der Waals surface area contributed by atoms with Crippen molar-refractivity contribution in [3.05, 3.63) is 30.1 Å². The van der Waals surface area contributed by atoms with E-state index in [1.807, 2.05) is 6.92 Å². The van der Waals surface area contributed by atoms with E-state index < -0.39 is 0 Å². The summed E-state index contributed by atoms with van der Waals surface area (Å²) in [6, 6.07) is 5.99. The smallest absolute Gasteiger partial charge is 0.236 e. The maximum absolute atomic E-state index is 12.8. The second-order valence-corrected chi connectivity index (χ2v) is 4.91. The number of anilines is 1. The summed E-state index contributed by atoms with van der Waals surface area (Å²) in [5.41, 5.74) is 6.13. The fourth-order valence-electron chi connectivity index (χ4n) is 1.55. The number of carbonyl (C=O) groups excluding carboxylic acids is 1. The van der Waals surface area contributed by atoms with Crippen LogP contribution in [0.25, 0.3) is 0 Å². The van der Waals surface area contributed by atoms with E-state index in [0.29, 0.717) is 18.8 Å². The van der Waals surface area contributed by atoms with Gasteiger partial charge in [-0.1, -0.05) is 0 Å². The van der Waals surface area contributed by atoms with E-state index in [-0.39, 0.29) is 11.7 Å². The van der Waals surface area contributed by atoms with Crippen molar-refractivity contribution in [3.8, 4) is 0 Å². The van der Waals surface area contributed by atoms with Crippen LogP contribution in [0, 0.1) is 5.82 Å². The quantitative estimate of drug-likeness (QED) is 0.773. The van der Waals surface area contributed by atoms with E-state index in [9.17, 15) is 9.18 Å². The Balaban J connectivity index is 2.54. The zero-order valence-corrected chi connectivity index (χ0v) is 11.4. The summed E-state index contributed by atoms with van der Waals surface area (Å²) >= 11 is 1.58. The Morgan fingerprint density at radius 2 is 2.06 bits per heavy atom. The van der Waals surface area contributed by atoms with Gasteiger partial charge in [0, 0.05) is 12.2 Å². The monoisotopic (exact) mass is 270 g/mol. The molecule has 0 aliphatic carbocycles. The van der Waals surface area contributed by atoms with Crippen LogP contribution in [-0.4, -0.2) is 30.5 Å². The third-order valence-electron chi connectivity index (χ3n) is 2.47. The number of halogens is 1. The van der Waals surface area contributed by atoms with Crippen molar-refractivity contribution in [1.82, 2.24) is 0 Å². The molecule has 0 unspecified atom stereocenters. The number of amides is 1. The van der Waals surface area contributed by atoms with Gasteiger partial charge in [0.1, 0.15) is 5.82 Å². The van der Waals surface area contributed by atoms with Crippen LogP contribution >= 0.6 is 11.8 Å². The lowest BCUT2D eigenvalue weighted by atomic mass is 10.3. The molecule has 0 saturated heterocycles. The molecule has 1 aromatic rings. The predicted octanol–water partition coefficient (Wildman–Crippen LogP) is 2.26. The van der Waals surface area contributed by atoms with E-state index in [2.05, 4.69) is 0 Å². The first kappa shape index (κ1) is 15.0. The van der Waals surface area contributed by atoms with Crippen LogP contribution < -0.4 is 10.6 Å². The molecule has 1 aromatic carbocycles. The highest BCUT2D eigenvalue weighted by atomic mass is 32.2. The Labute approximate surface area is 112 Å². The van der Waals surface area contributed by atoms with Gasteiger partial charge in [-0.15, -0.1) is 0 Å².